The summed E-state index contributed by atoms with van der Waals surface area (Å²) in [6.07, 6.45) is -4.76. The number of hydrogen-bond acceptors (Lipinski definition) is 6. The first-order valence-electron chi connectivity index (χ1n) is 7.97. The lowest BCUT2D eigenvalue weighted by Crippen LogP contribution is -2.11. The molecule has 29 heavy (non-hydrogen) atoms. The number of halogens is 4. The van der Waals surface area contributed by atoms with E-state index in [1.807, 2.05) is 0 Å². The number of ether oxygens (including phenoxy) is 1. The summed E-state index contributed by atoms with van der Waals surface area (Å²) in [5.74, 6) is -0.806. The van der Waals surface area contributed by atoms with Gasteiger partial charge in [0.2, 0.25) is 15.8 Å². The second-order valence-corrected chi connectivity index (χ2v) is 7.30. The number of nitrogens with two attached hydrogens (primary N) is 1. The predicted molar refractivity (Wildman–Crippen MR) is 93.0 cm³/mol. The van der Waals surface area contributed by atoms with Crippen LogP contribution in [-0.2, 0) is 16.2 Å². The molecule has 0 atom stereocenters. The second-order valence-electron chi connectivity index (χ2n) is 5.74. The van der Waals surface area contributed by atoms with E-state index in [4.69, 9.17) is 14.4 Å². The lowest BCUT2D eigenvalue weighted by atomic mass is 10.1. The standard InChI is InChI=1S/C17H13F4N3O4S/c18-6-7-27-14-5-4-11(9-13(14)17(19,20)21)16-23-15(24-28-16)10-2-1-3-12(8-10)29(22,25)26/h1-5,8-9H,6-7H2,(H2,22,25,26). The molecule has 7 nitrogen and oxygen atoms in total. The molecule has 1 aromatic heterocycles. The molecule has 1 heterocycles. The van der Waals surface area contributed by atoms with E-state index in [0.717, 1.165) is 12.1 Å². The van der Waals surface area contributed by atoms with Gasteiger partial charge < -0.3 is 9.26 Å². The van der Waals surface area contributed by atoms with Crippen molar-refractivity contribution in [2.75, 3.05) is 13.3 Å². The SMILES string of the molecule is NS(=O)(=O)c1cccc(-c2noc(-c3ccc(OCCF)c(C(F)(F)F)c3)n2)c1. The number of nitrogens with zero attached hydrogens (tertiary/aromatic N) is 2. The van der Waals surface area contributed by atoms with Gasteiger partial charge in [-0.3, -0.25) is 0 Å². The van der Waals surface area contributed by atoms with E-state index in [0.29, 0.717) is 0 Å². The van der Waals surface area contributed by atoms with Gasteiger partial charge in [0.25, 0.3) is 5.89 Å². The summed E-state index contributed by atoms with van der Waals surface area (Å²) in [7, 11) is -3.96. The van der Waals surface area contributed by atoms with Crippen LogP contribution in [0.5, 0.6) is 5.75 Å². The van der Waals surface area contributed by atoms with Crippen LogP contribution in [0.3, 0.4) is 0 Å². The predicted octanol–water partition coefficient (Wildman–Crippen LogP) is 3.42. The summed E-state index contributed by atoms with van der Waals surface area (Å²) in [4.78, 5) is 3.82. The highest BCUT2D eigenvalue weighted by atomic mass is 32.2. The number of hydrogen-bond donors (Lipinski definition) is 1. The molecule has 3 rings (SSSR count). The molecule has 3 aromatic rings. The summed E-state index contributed by atoms with van der Waals surface area (Å²) in [6.45, 7) is -1.46. The second kappa shape index (κ2) is 7.79. The van der Waals surface area contributed by atoms with Gasteiger partial charge in [0.15, 0.2) is 0 Å². The molecule has 0 saturated heterocycles. The first-order valence-corrected chi connectivity index (χ1v) is 9.51. The highest BCUT2D eigenvalue weighted by molar-refractivity contribution is 7.89. The molecule has 154 valence electrons. The lowest BCUT2D eigenvalue weighted by molar-refractivity contribution is -0.138. The van der Waals surface area contributed by atoms with Gasteiger partial charge in [0.05, 0.1) is 10.5 Å². The van der Waals surface area contributed by atoms with Gasteiger partial charge >= 0.3 is 6.18 Å². The first-order chi connectivity index (χ1) is 13.6. The van der Waals surface area contributed by atoms with Crippen LogP contribution in [0.15, 0.2) is 51.9 Å². The van der Waals surface area contributed by atoms with Gasteiger partial charge in [-0.05, 0) is 30.3 Å². The zero-order valence-corrected chi connectivity index (χ0v) is 15.3. The zero-order valence-electron chi connectivity index (χ0n) is 14.5. The maximum absolute atomic E-state index is 13.3. The molecule has 0 aliphatic heterocycles. The van der Waals surface area contributed by atoms with Gasteiger partial charge in [0, 0.05) is 11.1 Å². The Bertz CT molecular complexity index is 1130. The number of primary sulfonamides is 1. The fraction of sp³-hybridized carbons (Fsp3) is 0.176. The Labute approximate surface area is 162 Å². The average Bonchev–Trinajstić information content (AvgIpc) is 3.15. The number of aromatic nitrogens is 2. The van der Waals surface area contributed by atoms with Gasteiger partial charge in [-0.1, -0.05) is 17.3 Å². The Balaban J connectivity index is 1.98. The van der Waals surface area contributed by atoms with Gasteiger partial charge in [-0.2, -0.15) is 18.2 Å². The number of alkyl halides is 4. The molecular weight excluding hydrogens is 418 g/mol. The minimum Gasteiger partial charge on any atom is -0.490 e. The van der Waals surface area contributed by atoms with E-state index in [1.54, 1.807) is 0 Å². The number of rotatable bonds is 6. The summed E-state index contributed by atoms with van der Waals surface area (Å²) in [5, 5.41) is 8.74. The molecule has 0 spiro atoms. The van der Waals surface area contributed by atoms with Crippen LogP contribution in [0.25, 0.3) is 22.8 Å². The summed E-state index contributed by atoms with van der Waals surface area (Å²) < 4.78 is 84.8. The molecule has 0 fully saturated rings. The normalized spacial score (nSPS) is 12.2. The molecule has 0 bridgehead atoms. The molecule has 0 aliphatic carbocycles. The maximum atomic E-state index is 13.3. The largest absolute Gasteiger partial charge is 0.490 e. The zero-order chi connectivity index (χ0) is 21.2. The summed E-state index contributed by atoms with van der Waals surface area (Å²) >= 11 is 0. The molecule has 0 amide bonds. The third-order valence-electron chi connectivity index (χ3n) is 3.71. The highest BCUT2D eigenvalue weighted by Crippen LogP contribution is 2.38. The van der Waals surface area contributed by atoms with Crippen LogP contribution in [0.4, 0.5) is 17.6 Å². The first kappa shape index (κ1) is 20.7. The number of sulfonamides is 1. The van der Waals surface area contributed by atoms with E-state index in [9.17, 15) is 26.0 Å². The molecule has 0 aliphatic rings. The molecule has 0 unspecified atom stereocenters. The number of benzene rings is 2. The lowest BCUT2D eigenvalue weighted by Gasteiger charge is -2.13. The minimum atomic E-state index is -4.76. The van der Waals surface area contributed by atoms with E-state index >= 15 is 0 Å². The fourth-order valence-electron chi connectivity index (χ4n) is 2.43. The van der Waals surface area contributed by atoms with Crippen molar-refractivity contribution >= 4 is 10.0 Å². The monoisotopic (exact) mass is 431 g/mol. The van der Waals surface area contributed by atoms with E-state index in [1.165, 1.54) is 30.3 Å². The maximum Gasteiger partial charge on any atom is 0.419 e. The van der Waals surface area contributed by atoms with Crippen LogP contribution in [0.2, 0.25) is 0 Å². The Morgan fingerprint density at radius 1 is 1.10 bits per heavy atom. The Morgan fingerprint density at radius 3 is 2.52 bits per heavy atom. The van der Waals surface area contributed by atoms with Crippen molar-refractivity contribution < 1.29 is 35.2 Å². The summed E-state index contributed by atoms with van der Waals surface area (Å²) in [6, 6.07) is 8.39. The smallest absolute Gasteiger partial charge is 0.419 e. The average molecular weight is 431 g/mol. The van der Waals surface area contributed by atoms with Crippen LogP contribution in [0, 0.1) is 0 Å². The van der Waals surface area contributed by atoms with E-state index in [2.05, 4.69) is 10.1 Å². The fourth-order valence-corrected chi connectivity index (χ4v) is 2.99. The Kier molecular flexibility index (Phi) is 5.57. The van der Waals surface area contributed by atoms with Crippen molar-refractivity contribution in [3.63, 3.8) is 0 Å². The van der Waals surface area contributed by atoms with Crippen molar-refractivity contribution in [2.45, 2.75) is 11.1 Å². The molecule has 0 radical (unpaired) electrons. The van der Waals surface area contributed by atoms with E-state index in [-0.39, 0.29) is 27.7 Å². The van der Waals surface area contributed by atoms with Crippen molar-refractivity contribution in [1.29, 1.82) is 0 Å². The molecular formula is C17H13F4N3O4S. The molecule has 0 saturated carbocycles. The van der Waals surface area contributed by atoms with Crippen molar-refractivity contribution in [3.8, 4) is 28.6 Å². The molecule has 12 heteroatoms. The van der Waals surface area contributed by atoms with Crippen LogP contribution in [-0.4, -0.2) is 31.8 Å². The van der Waals surface area contributed by atoms with E-state index < -0.39 is 40.8 Å². The van der Waals surface area contributed by atoms with Crippen molar-refractivity contribution in [1.82, 2.24) is 10.1 Å². The van der Waals surface area contributed by atoms with Gasteiger partial charge in [-0.15, -0.1) is 0 Å². The van der Waals surface area contributed by atoms with Crippen molar-refractivity contribution in [2.24, 2.45) is 5.14 Å². The third-order valence-corrected chi connectivity index (χ3v) is 4.62. The molecule has 2 N–H and O–H groups in total. The summed E-state index contributed by atoms with van der Waals surface area (Å²) in [5.41, 5.74) is -0.934. The quantitative estimate of drug-likeness (QED) is 0.599. The van der Waals surface area contributed by atoms with Crippen molar-refractivity contribution in [3.05, 3.63) is 48.0 Å². The molecule has 2 aromatic carbocycles. The highest BCUT2D eigenvalue weighted by Gasteiger charge is 2.35. The van der Waals surface area contributed by atoms with Crippen LogP contribution in [0.1, 0.15) is 5.56 Å². The Morgan fingerprint density at radius 2 is 1.86 bits per heavy atom. The minimum absolute atomic E-state index is 0.0446. The topological polar surface area (TPSA) is 108 Å². The van der Waals surface area contributed by atoms with Gasteiger partial charge in [0.1, 0.15) is 19.0 Å². The van der Waals surface area contributed by atoms with Crippen LogP contribution >= 0.6 is 0 Å². The van der Waals surface area contributed by atoms with Crippen LogP contribution < -0.4 is 9.88 Å². The van der Waals surface area contributed by atoms with Gasteiger partial charge in [-0.25, -0.2) is 17.9 Å². The Hall–Kier alpha value is -2.99. The third kappa shape index (κ3) is 4.71.